The summed E-state index contributed by atoms with van der Waals surface area (Å²) < 4.78 is 0. The minimum absolute atomic E-state index is 0.0202. The maximum atomic E-state index is 9.03. The van der Waals surface area contributed by atoms with Gasteiger partial charge in [-0.25, -0.2) is 0 Å². The fourth-order valence-electron chi connectivity index (χ4n) is 4.71. The van der Waals surface area contributed by atoms with Crippen LogP contribution in [-0.2, 0) is 6.42 Å². The van der Waals surface area contributed by atoms with Crippen molar-refractivity contribution in [3.63, 3.8) is 0 Å². The van der Waals surface area contributed by atoms with Crippen LogP contribution in [-0.4, -0.2) is 17.5 Å². The van der Waals surface area contributed by atoms with Crippen LogP contribution in [0.4, 0.5) is 0 Å². The third-order valence-electron chi connectivity index (χ3n) is 6.05. The Morgan fingerprint density at radius 1 is 0.920 bits per heavy atom. The van der Waals surface area contributed by atoms with Crippen molar-refractivity contribution >= 4 is 6.21 Å². The molecule has 0 amide bonds. The summed E-state index contributed by atoms with van der Waals surface area (Å²) >= 11 is 0. The average Bonchev–Trinajstić information content (AvgIpc) is 2.69. The summed E-state index contributed by atoms with van der Waals surface area (Å²) in [5.41, 5.74) is 4.13. The average molecular weight is 334 g/mol. The topological polar surface area (TPSA) is 44.6 Å². The Morgan fingerprint density at radius 2 is 1.64 bits per heavy atom. The molecule has 25 heavy (non-hydrogen) atoms. The number of rotatable bonds is 3. The van der Waals surface area contributed by atoms with Crippen molar-refractivity contribution in [1.82, 2.24) is 5.32 Å². The maximum Gasteiger partial charge on any atom is 0.0719 e. The fourth-order valence-corrected chi connectivity index (χ4v) is 4.71. The van der Waals surface area contributed by atoms with Crippen molar-refractivity contribution in [3.05, 3.63) is 71.3 Å². The van der Waals surface area contributed by atoms with Crippen LogP contribution in [0.3, 0.4) is 0 Å². The van der Waals surface area contributed by atoms with Gasteiger partial charge in [0.25, 0.3) is 0 Å². The molecule has 3 nitrogen and oxygen atoms in total. The molecule has 4 rings (SSSR count). The number of hydrogen-bond acceptors (Lipinski definition) is 3. The highest BCUT2D eigenvalue weighted by Gasteiger charge is 2.33. The summed E-state index contributed by atoms with van der Waals surface area (Å²) in [6.07, 6.45) is 7.78. The lowest BCUT2D eigenvalue weighted by Crippen LogP contribution is -2.45. The van der Waals surface area contributed by atoms with Crippen LogP contribution < -0.4 is 5.32 Å². The number of nitrogens with one attached hydrogen (secondary N) is 1. The fraction of sp³-hybridized carbons (Fsp3) is 0.409. The van der Waals surface area contributed by atoms with E-state index in [4.69, 9.17) is 5.21 Å². The van der Waals surface area contributed by atoms with Gasteiger partial charge in [-0.05, 0) is 60.6 Å². The van der Waals surface area contributed by atoms with E-state index in [0.717, 1.165) is 6.42 Å². The second kappa shape index (κ2) is 7.40. The van der Waals surface area contributed by atoms with Crippen molar-refractivity contribution in [2.45, 2.75) is 50.1 Å². The van der Waals surface area contributed by atoms with Crippen molar-refractivity contribution in [2.24, 2.45) is 11.1 Å². The van der Waals surface area contributed by atoms with Gasteiger partial charge in [-0.2, -0.15) is 0 Å². The second-order valence-corrected chi connectivity index (χ2v) is 7.44. The van der Waals surface area contributed by atoms with Gasteiger partial charge in [-0.15, -0.1) is 5.16 Å². The van der Waals surface area contributed by atoms with E-state index in [1.54, 1.807) is 6.21 Å². The Labute approximate surface area is 149 Å². The first kappa shape index (κ1) is 16.3. The molecule has 0 aromatic heterocycles. The normalized spacial score (nSPS) is 29.4. The largest absolute Gasteiger partial charge is 0.411 e. The first-order valence-corrected chi connectivity index (χ1v) is 9.41. The highest BCUT2D eigenvalue weighted by molar-refractivity contribution is 5.68. The van der Waals surface area contributed by atoms with Gasteiger partial charge in [0.2, 0.25) is 0 Å². The minimum Gasteiger partial charge on any atom is -0.411 e. The predicted octanol–water partition coefficient (Wildman–Crippen LogP) is 4.68. The highest BCUT2D eigenvalue weighted by Crippen LogP contribution is 2.39. The smallest absolute Gasteiger partial charge is 0.0719 e. The zero-order chi connectivity index (χ0) is 17.1. The monoisotopic (exact) mass is 334 g/mol. The Balaban J connectivity index is 1.45. The minimum atomic E-state index is 0.0202. The van der Waals surface area contributed by atoms with Gasteiger partial charge < -0.3 is 10.5 Å². The van der Waals surface area contributed by atoms with Crippen LogP contribution in [0, 0.1) is 5.92 Å². The second-order valence-electron chi connectivity index (χ2n) is 7.44. The Bertz CT molecular complexity index is 720. The van der Waals surface area contributed by atoms with Gasteiger partial charge >= 0.3 is 0 Å². The van der Waals surface area contributed by atoms with Crippen molar-refractivity contribution in [1.29, 1.82) is 0 Å². The standard InChI is InChI=1S/C22H26N2O/c25-23-15-22-20-9-5-4-8-19(20)14-21(24-22)18-12-10-17(11-13-18)16-6-2-1-3-7-16/h1-9,15,17-18,21-22,24-25H,10-14H2/b23-15-. The number of nitrogens with zero attached hydrogens (tertiary/aromatic N) is 1. The van der Waals surface area contributed by atoms with Gasteiger partial charge in [0.05, 0.1) is 12.3 Å². The van der Waals surface area contributed by atoms with E-state index in [1.165, 1.54) is 42.4 Å². The van der Waals surface area contributed by atoms with E-state index < -0.39 is 0 Å². The zero-order valence-corrected chi connectivity index (χ0v) is 14.5. The third kappa shape index (κ3) is 3.47. The molecule has 0 radical (unpaired) electrons. The number of benzene rings is 2. The van der Waals surface area contributed by atoms with Crippen molar-refractivity contribution in [3.8, 4) is 0 Å². The lowest BCUT2D eigenvalue weighted by Gasteiger charge is -2.39. The van der Waals surface area contributed by atoms with Crippen molar-refractivity contribution < 1.29 is 5.21 Å². The molecule has 0 spiro atoms. The van der Waals surface area contributed by atoms with Crippen LogP contribution in [0.1, 0.15) is 54.3 Å². The molecule has 2 aromatic carbocycles. The zero-order valence-electron chi connectivity index (χ0n) is 14.5. The van der Waals surface area contributed by atoms with Crippen LogP contribution in [0.5, 0.6) is 0 Å². The van der Waals surface area contributed by atoms with E-state index >= 15 is 0 Å². The summed E-state index contributed by atoms with van der Waals surface area (Å²) in [7, 11) is 0. The van der Waals surface area contributed by atoms with E-state index in [1.807, 2.05) is 0 Å². The first-order chi connectivity index (χ1) is 12.3. The van der Waals surface area contributed by atoms with E-state index in [9.17, 15) is 0 Å². The molecular formula is C22H26N2O. The van der Waals surface area contributed by atoms with Gasteiger partial charge in [0, 0.05) is 6.04 Å². The number of hydrogen-bond donors (Lipinski definition) is 2. The molecule has 2 N–H and O–H groups in total. The molecule has 2 aliphatic rings. The van der Waals surface area contributed by atoms with Crippen molar-refractivity contribution in [2.75, 3.05) is 0 Å². The first-order valence-electron chi connectivity index (χ1n) is 9.41. The van der Waals surface area contributed by atoms with Crippen LogP contribution in [0.2, 0.25) is 0 Å². The molecular weight excluding hydrogens is 308 g/mol. The molecule has 0 saturated heterocycles. The highest BCUT2D eigenvalue weighted by atomic mass is 16.4. The number of oxime groups is 1. The SMILES string of the molecule is O/N=C\C1NC(C2CCC(c3ccccc3)CC2)Cc2ccccc21. The molecule has 2 atom stereocenters. The summed E-state index contributed by atoms with van der Waals surface area (Å²) in [5.74, 6) is 1.41. The van der Waals surface area contributed by atoms with Crippen LogP contribution in [0.15, 0.2) is 59.8 Å². The van der Waals surface area contributed by atoms with E-state index in [-0.39, 0.29) is 6.04 Å². The van der Waals surface area contributed by atoms with Gasteiger partial charge in [-0.3, -0.25) is 0 Å². The van der Waals surface area contributed by atoms with E-state index in [0.29, 0.717) is 17.9 Å². The molecule has 1 fully saturated rings. The summed E-state index contributed by atoms with van der Waals surface area (Å²) in [4.78, 5) is 0. The Hall–Kier alpha value is -2.13. The van der Waals surface area contributed by atoms with Gasteiger partial charge in [0.15, 0.2) is 0 Å². The number of fused-ring (bicyclic) bond motifs is 1. The molecule has 3 heteroatoms. The molecule has 130 valence electrons. The Kier molecular flexibility index (Phi) is 4.84. The van der Waals surface area contributed by atoms with Crippen LogP contribution >= 0.6 is 0 Å². The van der Waals surface area contributed by atoms with E-state index in [2.05, 4.69) is 65.1 Å². The molecule has 2 aromatic rings. The molecule has 1 heterocycles. The molecule has 1 saturated carbocycles. The third-order valence-corrected chi connectivity index (χ3v) is 6.05. The summed E-state index contributed by atoms with van der Waals surface area (Å²) in [5, 5.41) is 16.1. The maximum absolute atomic E-state index is 9.03. The quantitative estimate of drug-likeness (QED) is 0.486. The lowest BCUT2D eigenvalue weighted by atomic mass is 9.73. The van der Waals surface area contributed by atoms with Gasteiger partial charge in [-0.1, -0.05) is 54.6 Å². The summed E-state index contributed by atoms with van der Waals surface area (Å²) in [6.45, 7) is 0. The molecule has 0 bridgehead atoms. The molecule has 2 unspecified atom stereocenters. The summed E-state index contributed by atoms with van der Waals surface area (Å²) in [6, 6.07) is 20.0. The molecule has 1 aliphatic carbocycles. The van der Waals surface area contributed by atoms with Crippen LogP contribution in [0.25, 0.3) is 0 Å². The lowest BCUT2D eigenvalue weighted by molar-refractivity contribution is 0.237. The Morgan fingerprint density at radius 3 is 2.40 bits per heavy atom. The molecule has 1 aliphatic heterocycles. The van der Waals surface area contributed by atoms with Gasteiger partial charge in [0.1, 0.15) is 0 Å². The predicted molar refractivity (Wildman–Crippen MR) is 101 cm³/mol.